The van der Waals surface area contributed by atoms with E-state index in [1.165, 1.54) is 6.07 Å². The van der Waals surface area contributed by atoms with Gasteiger partial charge in [-0.25, -0.2) is 4.39 Å². The number of hydrogen-bond donors (Lipinski definition) is 1. The topological polar surface area (TPSA) is 29.5 Å². The molecule has 0 saturated heterocycles. The van der Waals surface area contributed by atoms with Crippen LogP contribution in [0.5, 0.6) is 5.75 Å². The van der Waals surface area contributed by atoms with Crippen molar-refractivity contribution in [3.63, 3.8) is 0 Å². The molecule has 0 amide bonds. The van der Waals surface area contributed by atoms with Gasteiger partial charge in [0.1, 0.15) is 11.6 Å². The third kappa shape index (κ3) is 3.58. The Kier molecular flexibility index (Phi) is 5.15. The molecular weight excluding hydrogens is 323 g/mol. The van der Waals surface area contributed by atoms with Crippen molar-refractivity contribution in [2.24, 2.45) is 0 Å². The maximum Gasteiger partial charge on any atom is 0.133 e. The van der Waals surface area contributed by atoms with Crippen molar-refractivity contribution in [3.05, 3.63) is 63.9 Å². The molecule has 1 atom stereocenters. The molecule has 0 heterocycles. The number of aliphatic hydroxyl groups is 1. The van der Waals surface area contributed by atoms with E-state index in [1.807, 2.05) is 6.92 Å². The van der Waals surface area contributed by atoms with E-state index in [9.17, 15) is 9.50 Å². The van der Waals surface area contributed by atoms with Gasteiger partial charge in [0.15, 0.2) is 0 Å². The minimum atomic E-state index is -0.751. The van der Waals surface area contributed by atoms with Gasteiger partial charge in [-0.3, -0.25) is 0 Å². The lowest BCUT2D eigenvalue weighted by Gasteiger charge is -2.14. The van der Waals surface area contributed by atoms with E-state index in [1.54, 1.807) is 36.4 Å². The highest BCUT2D eigenvalue weighted by Crippen LogP contribution is 2.29. The van der Waals surface area contributed by atoms with Gasteiger partial charge in [-0.05, 0) is 52.2 Å². The van der Waals surface area contributed by atoms with Gasteiger partial charge < -0.3 is 9.84 Å². The largest absolute Gasteiger partial charge is 0.493 e. The van der Waals surface area contributed by atoms with Crippen LogP contribution in [-0.2, 0) is 6.42 Å². The molecule has 2 nitrogen and oxygen atoms in total. The van der Waals surface area contributed by atoms with Crippen LogP contribution < -0.4 is 4.74 Å². The zero-order chi connectivity index (χ0) is 14.5. The summed E-state index contributed by atoms with van der Waals surface area (Å²) in [6, 6.07) is 11.9. The van der Waals surface area contributed by atoms with E-state index in [0.717, 1.165) is 15.8 Å². The van der Waals surface area contributed by atoms with Gasteiger partial charge in [0.05, 0.1) is 17.2 Å². The van der Waals surface area contributed by atoms with Crippen molar-refractivity contribution in [2.75, 3.05) is 6.61 Å². The quantitative estimate of drug-likeness (QED) is 0.882. The SMILES string of the molecule is CCOc1ccc(C(O)Cc2ccccc2F)cc1Br. The molecule has 0 aliphatic carbocycles. The first-order valence-electron chi connectivity index (χ1n) is 6.45. The Balaban J connectivity index is 2.15. The van der Waals surface area contributed by atoms with Crippen molar-refractivity contribution in [3.8, 4) is 5.75 Å². The molecule has 2 rings (SSSR count). The zero-order valence-electron chi connectivity index (χ0n) is 11.1. The Morgan fingerprint density at radius 3 is 2.65 bits per heavy atom. The average Bonchev–Trinajstić information content (AvgIpc) is 2.43. The summed E-state index contributed by atoms with van der Waals surface area (Å²) in [6.07, 6.45) is -0.508. The molecule has 0 radical (unpaired) electrons. The van der Waals surface area contributed by atoms with Crippen molar-refractivity contribution in [1.29, 1.82) is 0 Å². The number of halogens is 2. The zero-order valence-corrected chi connectivity index (χ0v) is 12.7. The molecule has 0 saturated carbocycles. The molecule has 0 fully saturated rings. The van der Waals surface area contributed by atoms with Gasteiger partial charge >= 0.3 is 0 Å². The average molecular weight is 339 g/mol. The summed E-state index contributed by atoms with van der Waals surface area (Å²) in [4.78, 5) is 0. The van der Waals surface area contributed by atoms with Crippen molar-refractivity contribution in [2.45, 2.75) is 19.4 Å². The van der Waals surface area contributed by atoms with Gasteiger partial charge in [0, 0.05) is 6.42 Å². The highest BCUT2D eigenvalue weighted by molar-refractivity contribution is 9.10. The summed E-state index contributed by atoms with van der Waals surface area (Å²) in [5.74, 6) is 0.436. The van der Waals surface area contributed by atoms with Crippen molar-refractivity contribution in [1.82, 2.24) is 0 Å². The van der Waals surface area contributed by atoms with Gasteiger partial charge in [-0.15, -0.1) is 0 Å². The van der Waals surface area contributed by atoms with Crippen molar-refractivity contribution < 1.29 is 14.2 Å². The van der Waals surface area contributed by atoms with Crippen LogP contribution in [0.3, 0.4) is 0 Å². The number of ether oxygens (including phenoxy) is 1. The van der Waals surface area contributed by atoms with E-state index in [-0.39, 0.29) is 12.2 Å². The molecule has 106 valence electrons. The number of rotatable bonds is 5. The molecule has 1 N–H and O–H groups in total. The molecule has 0 aliphatic heterocycles. The van der Waals surface area contributed by atoms with Gasteiger partial charge in [0.2, 0.25) is 0 Å². The predicted octanol–water partition coefficient (Wildman–Crippen LogP) is 4.26. The monoisotopic (exact) mass is 338 g/mol. The fourth-order valence-electron chi connectivity index (χ4n) is 1.99. The second-order valence-corrected chi connectivity index (χ2v) is 5.29. The Morgan fingerprint density at radius 1 is 1.25 bits per heavy atom. The van der Waals surface area contributed by atoms with Crippen molar-refractivity contribution >= 4 is 15.9 Å². The van der Waals surface area contributed by atoms with Gasteiger partial charge in [0.25, 0.3) is 0 Å². The molecule has 0 aromatic heterocycles. The summed E-state index contributed by atoms with van der Waals surface area (Å²) >= 11 is 3.41. The second kappa shape index (κ2) is 6.86. The predicted molar refractivity (Wildman–Crippen MR) is 80.4 cm³/mol. The lowest BCUT2D eigenvalue weighted by Crippen LogP contribution is -2.04. The van der Waals surface area contributed by atoms with Crippen LogP contribution in [0.25, 0.3) is 0 Å². The molecule has 0 spiro atoms. The van der Waals surface area contributed by atoms with Gasteiger partial charge in [-0.2, -0.15) is 0 Å². The standard InChI is InChI=1S/C16H16BrFO2/c1-2-20-16-8-7-12(9-13(16)17)15(19)10-11-5-3-4-6-14(11)18/h3-9,15,19H,2,10H2,1H3. The first-order valence-corrected chi connectivity index (χ1v) is 7.24. The van der Waals surface area contributed by atoms with E-state index in [4.69, 9.17) is 4.74 Å². The van der Waals surface area contributed by atoms with Crippen LogP contribution in [0.4, 0.5) is 4.39 Å². The highest BCUT2D eigenvalue weighted by Gasteiger charge is 2.13. The lowest BCUT2D eigenvalue weighted by molar-refractivity contribution is 0.177. The first kappa shape index (κ1) is 15.0. The maximum atomic E-state index is 13.6. The maximum absolute atomic E-state index is 13.6. The Labute approximate surface area is 126 Å². The van der Waals surface area contributed by atoms with E-state index in [0.29, 0.717) is 12.2 Å². The molecule has 20 heavy (non-hydrogen) atoms. The minimum Gasteiger partial charge on any atom is -0.493 e. The molecular formula is C16H16BrFO2. The smallest absolute Gasteiger partial charge is 0.133 e. The molecule has 0 aliphatic rings. The number of benzene rings is 2. The van der Waals surface area contributed by atoms with Crippen LogP contribution in [0.1, 0.15) is 24.2 Å². The molecule has 0 bridgehead atoms. The number of aliphatic hydroxyl groups excluding tert-OH is 1. The Bertz CT molecular complexity index is 586. The lowest BCUT2D eigenvalue weighted by atomic mass is 10.0. The van der Waals surface area contributed by atoms with E-state index >= 15 is 0 Å². The van der Waals surface area contributed by atoms with E-state index < -0.39 is 6.10 Å². The van der Waals surface area contributed by atoms with E-state index in [2.05, 4.69) is 15.9 Å². The first-order chi connectivity index (χ1) is 9.61. The third-order valence-corrected chi connectivity index (χ3v) is 3.63. The third-order valence-electron chi connectivity index (χ3n) is 3.01. The van der Waals surface area contributed by atoms with Crippen LogP contribution in [-0.4, -0.2) is 11.7 Å². The Hall–Kier alpha value is -1.39. The summed E-state index contributed by atoms with van der Waals surface area (Å²) < 4.78 is 19.8. The summed E-state index contributed by atoms with van der Waals surface area (Å²) in [5, 5.41) is 10.2. The normalized spacial score (nSPS) is 12.2. The van der Waals surface area contributed by atoms with Gasteiger partial charge in [-0.1, -0.05) is 24.3 Å². The summed E-state index contributed by atoms with van der Waals surface area (Å²) in [6.45, 7) is 2.49. The molecule has 2 aromatic rings. The summed E-state index contributed by atoms with van der Waals surface area (Å²) in [5.41, 5.74) is 1.23. The fraction of sp³-hybridized carbons (Fsp3) is 0.250. The van der Waals surface area contributed by atoms with Crippen LogP contribution in [0.15, 0.2) is 46.9 Å². The highest BCUT2D eigenvalue weighted by atomic mass is 79.9. The minimum absolute atomic E-state index is 0.243. The fourth-order valence-corrected chi connectivity index (χ4v) is 2.50. The second-order valence-electron chi connectivity index (χ2n) is 4.43. The molecule has 1 unspecified atom stereocenters. The Morgan fingerprint density at radius 2 is 2.00 bits per heavy atom. The molecule has 2 aromatic carbocycles. The van der Waals surface area contributed by atoms with Crippen LogP contribution in [0.2, 0.25) is 0 Å². The molecule has 4 heteroatoms. The van der Waals surface area contributed by atoms with Crippen LogP contribution in [0, 0.1) is 5.82 Å². The van der Waals surface area contributed by atoms with Crippen LogP contribution >= 0.6 is 15.9 Å². The summed E-state index contributed by atoms with van der Waals surface area (Å²) in [7, 11) is 0. The number of hydrogen-bond acceptors (Lipinski definition) is 2.